The minimum atomic E-state index is -3.98. The van der Waals surface area contributed by atoms with E-state index in [9.17, 15) is 23.1 Å². The van der Waals surface area contributed by atoms with E-state index in [4.69, 9.17) is 4.42 Å². The molecule has 0 saturated carbocycles. The average molecular weight is 521 g/mol. The first kappa shape index (κ1) is 23.7. The van der Waals surface area contributed by atoms with Gasteiger partial charge in [0, 0.05) is 5.69 Å². The summed E-state index contributed by atoms with van der Waals surface area (Å²) in [7, 11) is -3.98. The summed E-state index contributed by atoms with van der Waals surface area (Å²) >= 11 is 3.15. The van der Waals surface area contributed by atoms with E-state index in [1.54, 1.807) is 62.4 Å². The molecule has 0 aliphatic heterocycles. The number of amides is 1. The smallest absolute Gasteiger partial charge is 0.322 e. The molecule has 1 atom stereocenters. The van der Waals surface area contributed by atoms with Gasteiger partial charge in [0.15, 0.2) is 10.4 Å². The number of furan rings is 1. The molecule has 3 aromatic rings. The minimum Gasteiger partial charge on any atom is -0.480 e. The number of rotatable bonds is 8. The first-order valence-electron chi connectivity index (χ1n) is 9.59. The van der Waals surface area contributed by atoms with Crippen LogP contribution in [0, 0.1) is 5.92 Å². The van der Waals surface area contributed by atoms with E-state index < -0.39 is 28.0 Å². The van der Waals surface area contributed by atoms with Crippen molar-refractivity contribution in [2.75, 3.05) is 5.32 Å². The molecule has 3 N–H and O–H groups in total. The molecule has 0 saturated heterocycles. The first-order valence-corrected chi connectivity index (χ1v) is 11.9. The van der Waals surface area contributed by atoms with Crippen molar-refractivity contribution < 1.29 is 27.5 Å². The van der Waals surface area contributed by atoms with Crippen molar-refractivity contribution >= 4 is 43.5 Å². The number of carboxylic acid groups (broad SMARTS) is 1. The lowest BCUT2D eigenvalue weighted by Gasteiger charge is -2.18. The Labute approximate surface area is 193 Å². The van der Waals surface area contributed by atoms with Crippen LogP contribution in [0.3, 0.4) is 0 Å². The van der Waals surface area contributed by atoms with E-state index in [-0.39, 0.29) is 16.6 Å². The topological polar surface area (TPSA) is 126 Å². The third-order valence-electron chi connectivity index (χ3n) is 4.65. The Balaban J connectivity index is 1.71. The van der Waals surface area contributed by atoms with Crippen LogP contribution in [0.4, 0.5) is 5.69 Å². The third-order valence-corrected chi connectivity index (χ3v) is 6.54. The van der Waals surface area contributed by atoms with Crippen molar-refractivity contribution in [1.29, 1.82) is 0 Å². The summed E-state index contributed by atoms with van der Waals surface area (Å²) in [5, 5.41) is 12.0. The molecule has 0 aliphatic rings. The summed E-state index contributed by atoms with van der Waals surface area (Å²) in [5.74, 6) is -1.84. The number of nitrogens with one attached hydrogen (secondary N) is 2. The highest BCUT2D eigenvalue weighted by atomic mass is 79.9. The van der Waals surface area contributed by atoms with E-state index in [1.807, 2.05) is 0 Å². The molecule has 1 amide bonds. The monoisotopic (exact) mass is 520 g/mol. The Morgan fingerprint density at radius 1 is 0.938 bits per heavy atom. The number of carboxylic acids is 1. The highest BCUT2D eigenvalue weighted by molar-refractivity contribution is 9.10. The van der Waals surface area contributed by atoms with Crippen LogP contribution in [0.25, 0.3) is 11.1 Å². The van der Waals surface area contributed by atoms with Gasteiger partial charge in [-0.25, -0.2) is 8.42 Å². The highest BCUT2D eigenvalue weighted by Crippen LogP contribution is 2.24. The zero-order valence-electron chi connectivity index (χ0n) is 17.2. The van der Waals surface area contributed by atoms with E-state index in [0.29, 0.717) is 10.4 Å². The zero-order chi connectivity index (χ0) is 23.5. The van der Waals surface area contributed by atoms with Crippen LogP contribution in [0.2, 0.25) is 0 Å². The van der Waals surface area contributed by atoms with E-state index in [2.05, 4.69) is 26.0 Å². The van der Waals surface area contributed by atoms with Gasteiger partial charge in [-0.3, -0.25) is 9.59 Å². The van der Waals surface area contributed by atoms with Crippen LogP contribution in [0.1, 0.15) is 24.4 Å². The second-order valence-corrected chi connectivity index (χ2v) is 9.84. The fraction of sp³-hybridized carbons (Fsp3) is 0.182. The number of aliphatic carboxylic acids is 1. The van der Waals surface area contributed by atoms with E-state index in [0.717, 1.165) is 11.1 Å². The predicted octanol–water partition coefficient (Wildman–Crippen LogP) is 4.35. The first-order chi connectivity index (χ1) is 15.1. The lowest BCUT2D eigenvalue weighted by atomic mass is 10.1. The number of carbonyl (C=O) groups is 2. The molecule has 3 rings (SSSR count). The van der Waals surface area contributed by atoms with Crippen molar-refractivity contribution in [3.8, 4) is 11.1 Å². The Bertz CT molecular complexity index is 1220. The van der Waals surface area contributed by atoms with Gasteiger partial charge in [-0.2, -0.15) is 4.72 Å². The molecule has 0 spiro atoms. The van der Waals surface area contributed by atoms with Gasteiger partial charge in [0.2, 0.25) is 10.0 Å². The molecule has 8 nitrogen and oxygen atoms in total. The summed E-state index contributed by atoms with van der Waals surface area (Å²) in [6.07, 6.45) is 0. The molecule has 2 aromatic carbocycles. The van der Waals surface area contributed by atoms with Crippen molar-refractivity contribution in [3.63, 3.8) is 0 Å². The summed E-state index contributed by atoms with van der Waals surface area (Å²) in [6.45, 7) is 3.26. The molecule has 1 aromatic heterocycles. The van der Waals surface area contributed by atoms with Crippen molar-refractivity contribution in [1.82, 2.24) is 4.72 Å². The van der Waals surface area contributed by atoms with Gasteiger partial charge in [0.1, 0.15) is 6.04 Å². The van der Waals surface area contributed by atoms with Crippen LogP contribution in [-0.2, 0) is 14.8 Å². The third kappa shape index (κ3) is 5.64. The number of hydrogen-bond donors (Lipinski definition) is 3. The number of halogens is 1. The Kier molecular flexibility index (Phi) is 7.17. The van der Waals surface area contributed by atoms with Crippen LogP contribution in [0.15, 0.2) is 74.6 Å². The summed E-state index contributed by atoms with van der Waals surface area (Å²) in [5.41, 5.74) is 2.14. The van der Waals surface area contributed by atoms with E-state index >= 15 is 0 Å². The average Bonchev–Trinajstić information content (AvgIpc) is 3.19. The fourth-order valence-electron chi connectivity index (χ4n) is 2.91. The molecule has 32 heavy (non-hydrogen) atoms. The van der Waals surface area contributed by atoms with Crippen LogP contribution in [0.5, 0.6) is 0 Å². The molecule has 0 unspecified atom stereocenters. The number of sulfonamides is 1. The maximum Gasteiger partial charge on any atom is 0.322 e. The van der Waals surface area contributed by atoms with Crippen molar-refractivity contribution in [2.45, 2.75) is 24.8 Å². The summed E-state index contributed by atoms with van der Waals surface area (Å²) < 4.78 is 33.0. The van der Waals surface area contributed by atoms with Crippen LogP contribution in [-0.4, -0.2) is 31.4 Å². The molecule has 0 bridgehead atoms. The van der Waals surface area contributed by atoms with Crippen molar-refractivity contribution in [2.24, 2.45) is 5.92 Å². The van der Waals surface area contributed by atoms with Gasteiger partial charge >= 0.3 is 5.97 Å². The second kappa shape index (κ2) is 9.68. The molecule has 1 heterocycles. The Morgan fingerprint density at radius 2 is 1.50 bits per heavy atom. The maximum atomic E-state index is 12.5. The molecule has 168 valence electrons. The standard InChI is InChI=1S/C22H21BrN2O6S/c1-13(2)20(22(27)28)25-32(29,30)17-9-5-15(6-10-17)14-3-7-16(8-4-14)24-21(26)18-11-12-19(23)31-18/h3-13,20,25H,1-2H3,(H,24,26)(H,27,28)/t20-/m0/s1. The normalized spacial score (nSPS) is 12.5. The largest absolute Gasteiger partial charge is 0.480 e. The van der Waals surface area contributed by atoms with E-state index in [1.165, 1.54) is 12.1 Å². The quantitative estimate of drug-likeness (QED) is 0.405. The zero-order valence-corrected chi connectivity index (χ0v) is 19.6. The van der Waals surface area contributed by atoms with Crippen molar-refractivity contribution in [3.05, 3.63) is 71.1 Å². The summed E-state index contributed by atoms with van der Waals surface area (Å²) in [4.78, 5) is 23.4. The van der Waals surface area contributed by atoms with Crippen LogP contribution < -0.4 is 10.0 Å². The maximum absolute atomic E-state index is 12.5. The predicted molar refractivity (Wildman–Crippen MR) is 123 cm³/mol. The number of anilines is 1. The lowest BCUT2D eigenvalue weighted by molar-refractivity contribution is -0.140. The minimum absolute atomic E-state index is 0.0263. The molecular weight excluding hydrogens is 500 g/mol. The molecule has 0 aliphatic carbocycles. The molecule has 0 radical (unpaired) electrons. The number of carbonyl (C=O) groups excluding carboxylic acids is 1. The number of benzene rings is 2. The van der Waals surface area contributed by atoms with Gasteiger partial charge < -0.3 is 14.8 Å². The van der Waals surface area contributed by atoms with Gasteiger partial charge in [-0.1, -0.05) is 38.1 Å². The Morgan fingerprint density at radius 3 is 1.97 bits per heavy atom. The lowest BCUT2D eigenvalue weighted by Crippen LogP contribution is -2.44. The van der Waals surface area contributed by atoms with Gasteiger partial charge in [0.05, 0.1) is 4.90 Å². The van der Waals surface area contributed by atoms with Crippen LogP contribution >= 0.6 is 15.9 Å². The molecule has 0 fully saturated rings. The van der Waals surface area contributed by atoms with Gasteiger partial charge in [-0.15, -0.1) is 0 Å². The number of hydrogen-bond acceptors (Lipinski definition) is 5. The SMILES string of the molecule is CC(C)[C@H](NS(=O)(=O)c1ccc(-c2ccc(NC(=O)c3ccc(Br)o3)cc2)cc1)C(=O)O. The Hall–Kier alpha value is -2.95. The van der Waals surface area contributed by atoms with Gasteiger partial charge in [-0.05, 0) is 69.4 Å². The molecule has 10 heteroatoms. The summed E-state index contributed by atoms with van der Waals surface area (Å²) in [6, 6.07) is 15.1. The second-order valence-electron chi connectivity index (χ2n) is 7.34. The highest BCUT2D eigenvalue weighted by Gasteiger charge is 2.28. The molecular formula is C22H21BrN2O6S. The fourth-order valence-corrected chi connectivity index (χ4v) is 4.55. The van der Waals surface area contributed by atoms with Gasteiger partial charge in [0.25, 0.3) is 5.91 Å².